The molecule has 0 radical (unpaired) electrons. The van der Waals surface area contributed by atoms with Crippen LogP contribution in [0.15, 0.2) is 48.5 Å². The summed E-state index contributed by atoms with van der Waals surface area (Å²) in [6.07, 6.45) is -1.14. The normalized spacial score (nSPS) is 12.0. The number of carboxylic acid groups (broad SMARTS) is 1. The second-order valence-electron chi connectivity index (χ2n) is 7.29. The fraction of sp³-hybridized carbons (Fsp3) is 0.333. The van der Waals surface area contributed by atoms with Crippen LogP contribution in [0.1, 0.15) is 27.7 Å². The van der Waals surface area contributed by atoms with Crippen molar-refractivity contribution in [3.63, 3.8) is 0 Å². The van der Waals surface area contributed by atoms with E-state index < -0.39 is 23.6 Å². The molecule has 0 aliphatic rings. The number of carbonyl (C=O) groups excluding carboxylic acids is 1. The zero-order chi connectivity index (χ0) is 20.9. The van der Waals surface area contributed by atoms with Gasteiger partial charge in [-0.15, -0.1) is 0 Å². The van der Waals surface area contributed by atoms with Crippen molar-refractivity contribution < 1.29 is 24.2 Å². The molecule has 150 valence electrons. The zero-order valence-electron chi connectivity index (χ0n) is 16.7. The largest absolute Gasteiger partial charge is 0.497 e. The summed E-state index contributed by atoms with van der Waals surface area (Å²) >= 11 is 0. The van der Waals surface area contributed by atoms with E-state index in [1.165, 1.54) is 0 Å². The van der Waals surface area contributed by atoms with E-state index in [2.05, 4.69) is 5.32 Å². The van der Waals surface area contributed by atoms with E-state index in [-0.39, 0.29) is 0 Å². The van der Waals surface area contributed by atoms with E-state index in [9.17, 15) is 14.7 Å². The Labute approximate surface area is 164 Å². The van der Waals surface area contributed by atoms with Crippen molar-refractivity contribution in [1.29, 1.82) is 0 Å². The summed E-state index contributed by atoms with van der Waals surface area (Å²) in [7, 11) is 1.59. The number of nitrogens with one attached hydrogen (secondary N) is 1. The van der Waals surface area contributed by atoms with E-state index in [1.807, 2.05) is 18.2 Å². The SMILES string of the molecule is COc1cccc(Oc2ccc(NC(=O)[C@@H](C)N(C(=O)O)C(C)(C)C)cc2)c1. The fourth-order valence-corrected chi connectivity index (χ4v) is 2.80. The Bertz CT molecular complexity index is 827. The molecule has 0 saturated carbocycles. The number of methoxy groups -OCH3 is 1. The summed E-state index contributed by atoms with van der Waals surface area (Å²) in [5.74, 6) is 1.52. The van der Waals surface area contributed by atoms with Gasteiger partial charge in [0.1, 0.15) is 23.3 Å². The maximum atomic E-state index is 12.5. The van der Waals surface area contributed by atoms with Gasteiger partial charge in [0.2, 0.25) is 5.91 Å². The second-order valence-corrected chi connectivity index (χ2v) is 7.29. The molecular formula is C21H26N2O5. The van der Waals surface area contributed by atoms with Gasteiger partial charge in [-0.1, -0.05) is 6.07 Å². The van der Waals surface area contributed by atoms with Crippen LogP contribution in [0.4, 0.5) is 10.5 Å². The number of rotatable bonds is 6. The highest BCUT2D eigenvalue weighted by molar-refractivity contribution is 5.96. The number of hydrogen-bond acceptors (Lipinski definition) is 4. The zero-order valence-corrected chi connectivity index (χ0v) is 16.7. The van der Waals surface area contributed by atoms with Gasteiger partial charge < -0.3 is 19.9 Å². The van der Waals surface area contributed by atoms with Gasteiger partial charge in [0, 0.05) is 17.3 Å². The van der Waals surface area contributed by atoms with Crippen molar-refractivity contribution in [3.05, 3.63) is 48.5 Å². The molecule has 2 amide bonds. The summed E-state index contributed by atoms with van der Waals surface area (Å²) in [5.41, 5.74) is -0.147. The van der Waals surface area contributed by atoms with Crippen LogP contribution in [0.3, 0.4) is 0 Å². The van der Waals surface area contributed by atoms with Gasteiger partial charge in [-0.05, 0) is 64.1 Å². The lowest BCUT2D eigenvalue weighted by Crippen LogP contribution is -2.54. The van der Waals surface area contributed by atoms with Crippen LogP contribution in [0, 0.1) is 0 Å². The first-order valence-corrected chi connectivity index (χ1v) is 8.87. The highest BCUT2D eigenvalue weighted by Gasteiger charge is 2.34. The minimum absolute atomic E-state index is 0.404. The number of carbonyl (C=O) groups is 2. The van der Waals surface area contributed by atoms with E-state index >= 15 is 0 Å². The lowest BCUT2D eigenvalue weighted by atomic mass is 10.0. The standard InChI is InChI=1S/C21H26N2O5/c1-14(23(20(25)26)21(2,3)4)19(24)22-15-9-11-16(12-10-15)28-18-8-6-7-17(13-18)27-5/h6-14H,1-5H3,(H,22,24)(H,25,26)/t14-/m1/s1. The van der Waals surface area contributed by atoms with Crippen molar-refractivity contribution in [2.24, 2.45) is 0 Å². The Morgan fingerprint density at radius 1 is 1.04 bits per heavy atom. The number of anilines is 1. The van der Waals surface area contributed by atoms with Crippen molar-refractivity contribution in [3.8, 4) is 17.2 Å². The van der Waals surface area contributed by atoms with Crippen molar-refractivity contribution in [2.45, 2.75) is 39.3 Å². The number of ether oxygens (including phenoxy) is 2. The average Bonchev–Trinajstić information content (AvgIpc) is 2.62. The average molecular weight is 386 g/mol. The molecule has 2 rings (SSSR count). The van der Waals surface area contributed by atoms with Crippen LogP contribution < -0.4 is 14.8 Å². The van der Waals surface area contributed by atoms with Gasteiger partial charge in [-0.2, -0.15) is 0 Å². The van der Waals surface area contributed by atoms with Crippen LogP contribution in [0.2, 0.25) is 0 Å². The summed E-state index contributed by atoms with van der Waals surface area (Å²) in [6.45, 7) is 6.80. The summed E-state index contributed by atoms with van der Waals surface area (Å²) < 4.78 is 10.9. The molecule has 0 bridgehead atoms. The van der Waals surface area contributed by atoms with Gasteiger partial charge in [-0.25, -0.2) is 4.79 Å². The number of amides is 2. The fourth-order valence-electron chi connectivity index (χ4n) is 2.80. The van der Waals surface area contributed by atoms with E-state index in [1.54, 1.807) is 65.1 Å². The predicted molar refractivity (Wildman–Crippen MR) is 107 cm³/mol. The number of nitrogens with zero attached hydrogens (tertiary/aromatic N) is 1. The third-order valence-electron chi connectivity index (χ3n) is 4.09. The molecule has 0 aliphatic carbocycles. The van der Waals surface area contributed by atoms with Crippen LogP contribution in [0.25, 0.3) is 0 Å². The minimum atomic E-state index is -1.14. The lowest BCUT2D eigenvalue weighted by molar-refractivity contribution is -0.121. The molecule has 0 saturated heterocycles. The predicted octanol–water partition coefficient (Wildman–Crippen LogP) is 4.59. The number of benzene rings is 2. The van der Waals surface area contributed by atoms with E-state index in [0.29, 0.717) is 22.9 Å². The highest BCUT2D eigenvalue weighted by Crippen LogP contribution is 2.26. The smallest absolute Gasteiger partial charge is 0.408 e. The Kier molecular flexibility index (Phi) is 6.51. The van der Waals surface area contributed by atoms with E-state index in [0.717, 1.165) is 4.90 Å². The summed E-state index contributed by atoms with van der Waals surface area (Å²) in [5, 5.41) is 12.2. The molecule has 0 aromatic heterocycles. The molecule has 28 heavy (non-hydrogen) atoms. The second kappa shape index (κ2) is 8.65. The summed E-state index contributed by atoms with van der Waals surface area (Å²) in [4.78, 5) is 25.1. The maximum absolute atomic E-state index is 12.5. The Balaban J connectivity index is 2.05. The van der Waals surface area contributed by atoms with Crippen LogP contribution in [-0.2, 0) is 4.79 Å². The molecule has 0 heterocycles. The Hall–Kier alpha value is -3.22. The van der Waals surface area contributed by atoms with Crippen molar-refractivity contribution in [1.82, 2.24) is 4.90 Å². The first kappa shape index (κ1) is 21.1. The maximum Gasteiger partial charge on any atom is 0.408 e. The molecular weight excluding hydrogens is 360 g/mol. The van der Waals surface area contributed by atoms with Gasteiger partial charge >= 0.3 is 6.09 Å². The molecule has 7 nitrogen and oxygen atoms in total. The molecule has 7 heteroatoms. The van der Waals surface area contributed by atoms with Crippen molar-refractivity contribution >= 4 is 17.7 Å². The van der Waals surface area contributed by atoms with Gasteiger partial charge in [0.25, 0.3) is 0 Å². The third-order valence-corrected chi connectivity index (χ3v) is 4.09. The molecule has 1 atom stereocenters. The van der Waals surface area contributed by atoms with Crippen LogP contribution >= 0.6 is 0 Å². The third kappa shape index (κ3) is 5.39. The molecule has 0 spiro atoms. The van der Waals surface area contributed by atoms with Gasteiger partial charge in [0.05, 0.1) is 7.11 Å². The minimum Gasteiger partial charge on any atom is -0.497 e. The number of hydrogen-bond donors (Lipinski definition) is 2. The first-order chi connectivity index (χ1) is 13.1. The molecule has 0 aliphatic heterocycles. The van der Waals surface area contributed by atoms with Crippen molar-refractivity contribution in [2.75, 3.05) is 12.4 Å². The monoisotopic (exact) mass is 386 g/mol. The quantitative estimate of drug-likeness (QED) is 0.758. The molecule has 2 aromatic carbocycles. The highest BCUT2D eigenvalue weighted by atomic mass is 16.5. The van der Waals surface area contributed by atoms with Gasteiger partial charge in [-0.3, -0.25) is 9.69 Å². The summed E-state index contributed by atoms with van der Waals surface area (Å²) in [6, 6.07) is 13.2. The lowest BCUT2D eigenvalue weighted by Gasteiger charge is -2.37. The first-order valence-electron chi connectivity index (χ1n) is 8.87. The van der Waals surface area contributed by atoms with Crippen LogP contribution in [0.5, 0.6) is 17.2 Å². The topological polar surface area (TPSA) is 88.1 Å². The molecule has 0 fully saturated rings. The van der Waals surface area contributed by atoms with Crippen LogP contribution in [-0.4, -0.2) is 40.7 Å². The Morgan fingerprint density at radius 2 is 1.64 bits per heavy atom. The Morgan fingerprint density at radius 3 is 2.18 bits per heavy atom. The molecule has 2 N–H and O–H groups in total. The van der Waals surface area contributed by atoms with Gasteiger partial charge in [0.15, 0.2) is 0 Å². The van der Waals surface area contributed by atoms with E-state index in [4.69, 9.17) is 9.47 Å². The molecule has 0 unspecified atom stereocenters. The molecule has 2 aromatic rings.